The summed E-state index contributed by atoms with van der Waals surface area (Å²) in [5.74, 6) is -0.0279. The number of benzene rings is 2. The van der Waals surface area contributed by atoms with Gasteiger partial charge in [-0.1, -0.05) is 36.4 Å². The monoisotopic (exact) mass is 630 g/mol. The summed E-state index contributed by atoms with van der Waals surface area (Å²) in [5, 5.41) is 4.82. The first-order valence-electron chi connectivity index (χ1n) is 15.0. The highest BCUT2D eigenvalue weighted by Gasteiger charge is 2.26. The third-order valence-electron chi connectivity index (χ3n) is 8.05. The van der Waals surface area contributed by atoms with Crippen LogP contribution in [0.1, 0.15) is 70.4 Å². The zero-order chi connectivity index (χ0) is 30.6. The molecule has 0 radical (unpaired) electrons. The molecule has 2 saturated heterocycles. The van der Waals surface area contributed by atoms with Gasteiger partial charge in [0.15, 0.2) is 0 Å². The maximum atomic E-state index is 12.3. The first-order chi connectivity index (χ1) is 20.7. The number of rotatable bonds is 14. The molecule has 2 N–H and O–H groups in total. The number of hydrogen-bond acceptors (Lipinski definition) is 7. The Bertz CT molecular complexity index is 1160. The quantitative estimate of drug-likeness (QED) is 0.303. The Balaban J connectivity index is 1.04. The zero-order valence-corrected chi connectivity index (χ0v) is 25.9. The minimum absolute atomic E-state index is 0.0139. The Kier molecular flexibility index (Phi) is 13.0. The largest absolute Gasteiger partial charge is 0.375 e. The van der Waals surface area contributed by atoms with Crippen molar-refractivity contribution in [2.75, 3.05) is 39.3 Å². The molecule has 2 aromatic carbocycles. The lowest BCUT2D eigenvalue weighted by molar-refractivity contribution is -0.122. The van der Waals surface area contributed by atoms with E-state index in [9.17, 15) is 19.2 Å². The molecule has 9 nitrogen and oxygen atoms in total. The predicted octanol–water partition coefficient (Wildman–Crippen LogP) is 4.10. The predicted molar refractivity (Wildman–Crippen MR) is 166 cm³/mol. The molecule has 2 aliphatic rings. The number of carbonyl (C=O) groups excluding carboxylic acids is 4. The van der Waals surface area contributed by atoms with Gasteiger partial charge in [-0.15, -0.1) is 0 Å². The number of amides is 2. The Morgan fingerprint density at radius 1 is 0.674 bits per heavy atom. The highest BCUT2D eigenvalue weighted by Crippen LogP contribution is 2.21. The van der Waals surface area contributed by atoms with Crippen molar-refractivity contribution < 1.29 is 23.9 Å². The molecule has 2 fully saturated rings. The summed E-state index contributed by atoms with van der Waals surface area (Å²) in [6.07, 6.45) is 5.20. The van der Waals surface area contributed by atoms with Gasteiger partial charge in [0.05, 0.1) is 12.2 Å². The van der Waals surface area contributed by atoms with Gasteiger partial charge in [-0.2, -0.15) is 0 Å². The van der Waals surface area contributed by atoms with Crippen molar-refractivity contribution in [2.45, 2.75) is 63.8 Å². The van der Waals surface area contributed by atoms with Crippen LogP contribution in [0.15, 0.2) is 48.5 Å². The van der Waals surface area contributed by atoms with Crippen LogP contribution in [0.5, 0.6) is 0 Å². The SMILES string of the molecule is O=C(CCN1CCC(OC2CCN(CCC(=O)NCc3cccc(C(=O)Cl)c3)CC2)CC1)NCc1cccc(C(=O)Cl)c1. The van der Waals surface area contributed by atoms with Crippen LogP contribution in [-0.2, 0) is 27.4 Å². The van der Waals surface area contributed by atoms with Gasteiger partial charge >= 0.3 is 0 Å². The van der Waals surface area contributed by atoms with Gasteiger partial charge in [0.2, 0.25) is 11.8 Å². The van der Waals surface area contributed by atoms with E-state index >= 15 is 0 Å². The average molecular weight is 632 g/mol. The standard InChI is InChI=1S/C32H40Cl2N4O5/c33-31(41)25-5-1-3-23(19-25)21-35-29(39)11-17-37-13-7-27(8-14-37)43-28-9-15-38(16-10-28)18-12-30(40)36-22-24-4-2-6-26(20-24)32(34)42/h1-6,19-20,27-28H,7-18,21-22H2,(H,35,39)(H,36,40). The second-order valence-corrected chi connectivity index (χ2v) is 11.9. The molecule has 2 amide bonds. The molecule has 0 atom stereocenters. The summed E-state index contributed by atoms with van der Waals surface area (Å²) in [6.45, 7) is 5.82. The molecule has 0 spiro atoms. The van der Waals surface area contributed by atoms with E-state index in [1.807, 2.05) is 12.1 Å². The van der Waals surface area contributed by atoms with Crippen LogP contribution < -0.4 is 10.6 Å². The van der Waals surface area contributed by atoms with Crippen LogP contribution in [-0.4, -0.2) is 83.6 Å². The molecule has 0 saturated carbocycles. The van der Waals surface area contributed by atoms with Gasteiger partial charge in [0.25, 0.3) is 10.5 Å². The molecule has 0 unspecified atom stereocenters. The fourth-order valence-electron chi connectivity index (χ4n) is 5.51. The van der Waals surface area contributed by atoms with Crippen molar-refractivity contribution in [3.05, 3.63) is 70.8 Å². The maximum absolute atomic E-state index is 12.3. The summed E-state index contributed by atoms with van der Waals surface area (Å²) in [7, 11) is 0. The summed E-state index contributed by atoms with van der Waals surface area (Å²) in [5.41, 5.74) is 2.53. The van der Waals surface area contributed by atoms with Crippen LogP contribution in [0.2, 0.25) is 0 Å². The minimum Gasteiger partial charge on any atom is -0.375 e. The van der Waals surface area contributed by atoms with Crippen molar-refractivity contribution in [3.63, 3.8) is 0 Å². The summed E-state index contributed by atoms with van der Waals surface area (Å²) in [6, 6.07) is 13.9. The lowest BCUT2D eigenvalue weighted by atomic mass is 10.0. The van der Waals surface area contributed by atoms with Crippen LogP contribution in [0.25, 0.3) is 0 Å². The van der Waals surface area contributed by atoms with E-state index in [2.05, 4.69) is 20.4 Å². The van der Waals surface area contributed by atoms with Crippen LogP contribution in [0, 0.1) is 0 Å². The van der Waals surface area contributed by atoms with Crippen LogP contribution >= 0.6 is 23.2 Å². The van der Waals surface area contributed by atoms with Crippen molar-refractivity contribution in [3.8, 4) is 0 Å². The Morgan fingerprint density at radius 3 is 1.44 bits per heavy atom. The van der Waals surface area contributed by atoms with E-state index < -0.39 is 10.5 Å². The van der Waals surface area contributed by atoms with Gasteiger partial charge in [-0.3, -0.25) is 19.2 Å². The zero-order valence-electron chi connectivity index (χ0n) is 24.4. The molecule has 0 aromatic heterocycles. The summed E-state index contributed by atoms with van der Waals surface area (Å²) >= 11 is 11.1. The van der Waals surface area contributed by atoms with E-state index in [0.717, 1.165) is 63.0 Å². The number of likely N-dealkylation sites (tertiary alicyclic amines) is 2. The maximum Gasteiger partial charge on any atom is 0.252 e. The first-order valence-corrected chi connectivity index (χ1v) is 15.7. The van der Waals surface area contributed by atoms with Crippen molar-refractivity contribution in [1.29, 1.82) is 0 Å². The van der Waals surface area contributed by atoms with E-state index in [-0.39, 0.29) is 24.0 Å². The fraction of sp³-hybridized carbons (Fsp3) is 0.500. The van der Waals surface area contributed by atoms with Gasteiger partial charge in [0.1, 0.15) is 0 Å². The summed E-state index contributed by atoms with van der Waals surface area (Å²) in [4.78, 5) is 52.0. The van der Waals surface area contributed by atoms with E-state index in [1.165, 1.54) is 0 Å². The highest BCUT2D eigenvalue weighted by molar-refractivity contribution is 6.68. The number of halogens is 2. The van der Waals surface area contributed by atoms with Gasteiger partial charge < -0.3 is 25.2 Å². The number of nitrogens with zero attached hydrogens (tertiary/aromatic N) is 2. The molecule has 4 rings (SSSR count). The number of carbonyl (C=O) groups is 4. The van der Waals surface area contributed by atoms with Gasteiger partial charge in [0, 0.05) is 76.3 Å². The number of ether oxygens (including phenoxy) is 1. The van der Waals surface area contributed by atoms with Gasteiger partial charge in [-0.25, -0.2) is 0 Å². The average Bonchev–Trinajstić information content (AvgIpc) is 3.02. The van der Waals surface area contributed by atoms with Gasteiger partial charge in [-0.05, 0) is 72.1 Å². The molecule has 0 bridgehead atoms. The third kappa shape index (κ3) is 11.3. The minimum atomic E-state index is -0.507. The third-order valence-corrected chi connectivity index (χ3v) is 8.49. The highest BCUT2D eigenvalue weighted by atomic mass is 35.5. The van der Waals surface area contributed by atoms with E-state index in [1.54, 1.807) is 36.4 Å². The molecular formula is C32H40Cl2N4O5. The second-order valence-electron chi connectivity index (χ2n) is 11.2. The Hall–Kier alpha value is -2.82. The second kappa shape index (κ2) is 16.9. The Morgan fingerprint density at radius 2 is 1.07 bits per heavy atom. The number of piperidine rings is 2. The lowest BCUT2D eigenvalue weighted by Crippen LogP contribution is -2.43. The molecular weight excluding hydrogens is 591 g/mol. The molecule has 0 aliphatic carbocycles. The van der Waals surface area contributed by atoms with Crippen LogP contribution in [0.3, 0.4) is 0 Å². The molecule has 232 valence electrons. The van der Waals surface area contributed by atoms with Crippen molar-refractivity contribution in [2.24, 2.45) is 0 Å². The molecule has 2 heterocycles. The summed E-state index contributed by atoms with van der Waals surface area (Å²) < 4.78 is 6.43. The Labute approximate surface area is 263 Å². The number of hydrogen-bond donors (Lipinski definition) is 2. The molecule has 43 heavy (non-hydrogen) atoms. The topological polar surface area (TPSA) is 108 Å². The van der Waals surface area contributed by atoms with E-state index in [0.29, 0.717) is 50.1 Å². The molecule has 2 aromatic rings. The number of nitrogens with one attached hydrogen (secondary N) is 2. The van der Waals surface area contributed by atoms with Crippen molar-refractivity contribution in [1.82, 2.24) is 20.4 Å². The lowest BCUT2D eigenvalue weighted by Gasteiger charge is -2.37. The smallest absolute Gasteiger partial charge is 0.252 e. The normalized spacial score (nSPS) is 17.0. The molecule has 11 heteroatoms. The molecule has 2 aliphatic heterocycles. The fourth-order valence-corrected chi connectivity index (χ4v) is 5.75. The van der Waals surface area contributed by atoms with Crippen molar-refractivity contribution >= 4 is 45.5 Å². The first kappa shape index (κ1) is 33.1. The van der Waals surface area contributed by atoms with E-state index in [4.69, 9.17) is 27.9 Å². The van der Waals surface area contributed by atoms with Crippen LogP contribution in [0.4, 0.5) is 0 Å².